The van der Waals surface area contributed by atoms with Crippen molar-refractivity contribution in [1.29, 1.82) is 0 Å². The fourth-order valence-electron chi connectivity index (χ4n) is 2.19. The van der Waals surface area contributed by atoms with Gasteiger partial charge in [0.25, 0.3) is 0 Å². The van der Waals surface area contributed by atoms with Crippen LogP contribution in [0, 0.1) is 0 Å². The van der Waals surface area contributed by atoms with Crippen LogP contribution in [0.3, 0.4) is 0 Å². The van der Waals surface area contributed by atoms with Crippen LogP contribution in [0.25, 0.3) is 0 Å². The van der Waals surface area contributed by atoms with Crippen molar-refractivity contribution < 1.29 is 8.42 Å². The van der Waals surface area contributed by atoms with Crippen molar-refractivity contribution in [2.45, 2.75) is 10.9 Å². The van der Waals surface area contributed by atoms with Crippen LogP contribution in [0.15, 0.2) is 53.4 Å². The first-order valence-corrected chi connectivity index (χ1v) is 9.21. The zero-order valence-electron chi connectivity index (χ0n) is 13.2. The van der Waals surface area contributed by atoms with Gasteiger partial charge >= 0.3 is 0 Å². The molecule has 24 heavy (non-hydrogen) atoms. The number of hydrogen-bond donors (Lipinski definition) is 1. The molecule has 0 radical (unpaired) electrons. The van der Waals surface area contributed by atoms with Crippen LogP contribution in [0.5, 0.6) is 0 Å². The highest BCUT2D eigenvalue weighted by atomic mass is 35.5. The van der Waals surface area contributed by atoms with Gasteiger partial charge in [-0.25, -0.2) is 13.1 Å². The Morgan fingerprint density at radius 2 is 1.67 bits per heavy atom. The number of likely N-dealkylation sites (N-methyl/N-ethyl adjacent to an activating group) is 1. The summed E-state index contributed by atoms with van der Waals surface area (Å²) in [7, 11) is 0.160. The molecule has 1 atom stereocenters. The number of sulfonamides is 1. The number of halogens is 3. The summed E-state index contributed by atoms with van der Waals surface area (Å²) in [5.74, 6) is 0. The third kappa shape index (κ3) is 5.34. The van der Waals surface area contributed by atoms with Crippen molar-refractivity contribution in [3.63, 3.8) is 0 Å². The van der Waals surface area contributed by atoms with Crippen LogP contribution in [-0.2, 0) is 10.0 Å². The molecule has 2 rings (SSSR count). The predicted molar refractivity (Wildman–Crippen MR) is 102 cm³/mol. The average Bonchev–Trinajstić information content (AvgIpc) is 2.50. The molecule has 2 aromatic rings. The number of hydrogen-bond acceptors (Lipinski definition) is 3. The van der Waals surface area contributed by atoms with Gasteiger partial charge in [-0.2, -0.15) is 0 Å². The van der Waals surface area contributed by atoms with E-state index in [1.54, 1.807) is 0 Å². The zero-order chi connectivity index (χ0) is 17.0. The van der Waals surface area contributed by atoms with Gasteiger partial charge in [0, 0.05) is 12.6 Å². The molecule has 0 aliphatic carbocycles. The number of rotatable bonds is 6. The molecule has 0 heterocycles. The zero-order valence-corrected chi connectivity index (χ0v) is 16.4. The maximum absolute atomic E-state index is 12.4. The molecule has 1 unspecified atom stereocenters. The molecule has 0 aliphatic rings. The van der Waals surface area contributed by atoms with Gasteiger partial charge in [0.15, 0.2) is 0 Å². The topological polar surface area (TPSA) is 49.4 Å². The van der Waals surface area contributed by atoms with E-state index in [-0.39, 0.29) is 34.9 Å². The molecule has 132 valence electrons. The molecular formula is C16H19Cl3N2O2S. The Morgan fingerprint density at radius 1 is 1.04 bits per heavy atom. The second kappa shape index (κ2) is 9.04. The van der Waals surface area contributed by atoms with E-state index < -0.39 is 10.0 Å². The Bertz CT molecular complexity index is 768. The summed E-state index contributed by atoms with van der Waals surface area (Å²) in [4.78, 5) is 2.06. The highest BCUT2D eigenvalue weighted by molar-refractivity contribution is 7.89. The summed E-state index contributed by atoms with van der Waals surface area (Å²) >= 11 is 11.7. The van der Waals surface area contributed by atoms with Gasteiger partial charge in [-0.1, -0.05) is 53.5 Å². The lowest BCUT2D eigenvalue weighted by Crippen LogP contribution is -2.34. The van der Waals surface area contributed by atoms with Gasteiger partial charge in [-0.3, -0.25) is 0 Å². The van der Waals surface area contributed by atoms with Crippen molar-refractivity contribution in [2.75, 3.05) is 20.6 Å². The van der Waals surface area contributed by atoms with Gasteiger partial charge in [0.1, 0.15) is 0 Å². The molecule has 8 heteroatoms. The average molecular weight is 410 g/mol. The maximum atomic E-state index is 12.4. The lowest BCUT2D eigenvalue weighted by molar-refractivity contribution is 0.299. The largest absolute Gasteiger partial charge is 0.301 e. The lowest BCUT2D eigenvalue weighted by Gasteiger charge is -2.25. The summed E-state index contributed by atoms with van der Waals surface area (Å²) < 4.78 is 27.5. The first-order valence-electron chi connectivity index (χ1n) is 6.97. The molecule has 0 saturated heterocycles. The van der Waals surface area contributed by atoms with E-state index in [0.717, 1.165) is 5.56 Å². The first-order chi connectivity index (χ1) is 10.8. The van der Waals surface area contributed by atoms with E-state index in [1.165, 1.54) is 18.2 Å². The van der Waals surface area contributed by atoms with Crippen molar-refractivity contribution in [2.24, 2.45) is 0 Å². The predicted octanol–water partition coefficient (Wildman–Crippen LogP) is 4.00. The SMILES string of the molecule is CN(C)C(CNS(=O)(=O)c1ccc(Cl)c(Cl)c1)c1ccccc1.Cl. The Morgan fingerprint density at radius 3 is 2.21 bits per heavy atom. The third-order valence-electron chi connectivity index (χ3n) is 3.48. The van der Waals surface area contributed by atoms with Gasteiger partial charge in [-0.05, 0) is 37.9 Å². The van der Waals surface area contributed by atoms with Gasteiger partial charge in [0.05, 0.1) is 14.9 Å². The minimum Gasteiger partial charge on any atom is -0.301 e. The van der Waals surface area contributed by atoms with Crippen LogP contribution in [0.2, 0.25) is 10.0 Å². The molecule has 0 saturated carbocycles. The van der Waals surface area contributed by atoms with Crippen LogP contribution >= 0.6 is 35.6 Å². The molecule has 4 nitrogen and oxygen atoms in total. The third-order valence-corrected chi connectivity index (χ3v) is 5.64. The lowest BCUT2D eigenvalue weighted by atomic mass is 10.1. The van der Waals surface area contributed by atoms with Crippen molar-refractivity contribution in [1.82, 2.24) is 9.62 Å². The summed E-state index contributed by atoms with van der Waals surface area (Å²) in [6.45, 7) is 0.250. The Labute approximate surface area is 159 Å². The number of nitrogens with zero attached hydrogens (tertiary/aromatic N) is 1. The van der Waals surface area contributed by atoms with Crippen LogP contribution in [0.1, 0.15) is 11.6 Å². The number of nitrogens with one attached hydrogen (secondary N) is 1. The molecular weight excluding hydrogens is 391 g/mol. The van der Waals surface area contributed by atoms with E-state index in [2.05, 4.69) is 4.72 Å². The fraction of sp³-hybridized carbons (Fsp3) is 0.250. The van der Waals surface area contributed by atoms with E-state index >= 15 is 0 Å². The molecule has 0 fully saturated rings. The van der Waals surface area contributed by atoms with E-state index in [4.69, 9.17) is 23.2 Å². The number of benzene rings is 2. The highest BCUT2D eigenvalue weighted by Crippen LogP contribution is 2.25. The minimum absolute atomic E-state index is 0. The highest BCUT2D eigenvalue weighted by Gasteiger charge is 2.20. The Balaban J connectivity index is 0.00000288. The van der Waals surface area contributed by atoms with Crippen LogP contribution in [-0.4, -0.2) is 34.0 Å². The van der Waals surface area contributed by atoms with E-state index in [1.807, 2.05) is 49.3 Å². The molecule has 0 aliphatic heterocycles. The molecule has 0 spiro atoms. The first kappa shape index (κ1) is 21.2. The second-order valence-corrected chi connectivity index (χ2v) is 7.90. The summed E-state index contributed by atoms with van der Waals surface area (Å²) in [5, 5.41) is 0.530. The van der Waals surface area contributed by atoms with Crippen LogP contribution < -0.4 is 4.72 Å². The molecule has 1 N–H and O–H groups in total. The van der Waals surface area contributed by atoms with Gasteiger partial charge in [0.2, 0.25) is 10.0 Å². The van der Waals surface area contributed by atoms with Crippen molar-refractivity contribution in [3.8, 4) is 0 Å². The summed E-state index contributed by atoms with van der Waals surface area (Å²) in [6.07, 6.45) is 0. The summed E-state index contributed by atoms with van der Waals surface area (Å²) in [6, 6.07) is 13.9. The van der Waals surface area contributed by atoms with Gasteiger partial charge in [-0.15, -0.1) is 12.4 Å². The molecule has 0 amide bonds. The van der Waals surface area contributed by atoms with E-state index in [0.29, 0.717) is 5.02 Å². The summed E-state index contributed by atoms with van der Waals surface area (Å²) in [5.41, 5.74) is 1.04. The Hall–Kier alpha value is -0.820. The van der Waals surface area contributed by atoms with Crippen molar-refractivity contribution >= 4 is 45.6 Å². The monoisotopic (exact) mass is 408 g/mol. The van der Waals surface area contributed by atoms with E-state index in [9.17, 15) is 8.42 Å². The Kier molecular flexibility index (Phi) is 7.99. The fourth-order valence-corrected chi connectivity index (χ4v) is 3.62. The quantitative estimate of drug-likeness (QED) is 0.784. The molecule has 0 bridgehead atoms. The molecule has 0 aromatic heterocycles. The maximum Gasteiger partial charge on any atom is 0.240 e. The van der Waals surface area contributed by atoms with Crippen LogP contribution in [0.4, 0.5) is 0 Å². The van der Waals surface area contributed by atoms with Crippen molar-refractivity contribution in [3.05, 3.63) is 64.1 Å². The normalized spacial score (nSPS) is 12.7. The smallest absolute Gasteiger partial charge is 0.240 e. The second-order valence-electron chi connectivity index (χ2n) is 5.32. The standard InChI is InChI=1S/C16H18Cl2N2O2S.ClH/c1-20(2)16(12-6-4-3-5-7-12)11-19-23(21,22)13-8-9-14(17)15(18)10-13;/h3-10,16,19H,11H2,1-2H3;1H. The molecule has 2 aromatic carbocycles. The minimum atomic E-state index is -3.66. The van der Waals surface area contributed by atoms with Gasteiger partial charge < -0.3 is 4.90 Å².